The number of aromatic nitrogens is 3. The van der Waals surface area contributed by atoms with Crippen molar-refractivity contribution < 1.29 is 9.53 Å². The van der Waals surface area contributed by atoms with Crippen molar-refractivity contribution in [2.24, 2.45) is 5.73 Å². The summed E-state index contributed by atoms with van der Waals surface area (Å²) in [4.78, 5) is 10.8. The van der Waals surface area contributed by atoms with Crippen LogP contribution in [0.4, 0.5) is 4.79 Å². The molecule has 0 radical (unpaired) electrons. The lowest BCUT2D eigenvalue weighted by Gasteiger charge is -2.02. The van der Waals surface area contributed by atoms with Crippen LogP contribution in [0.2, 0.25) is 0 Å². The molecule has 110 valence electrons. The number of benzene rings is 2. The zero-order valence-electron chi connectivity index (χ0n) is 11.7. The average Bonchev–Trinajstić information content (AvgIpc) is 2.96. The Hall–Kier alpha value is -3.15. The number of nitrogens with two attached hydrogens (primary N) is 1. The van der Waals surface area contributed by atoms with Crippen LogP contribution in [-0.2, 0) is 6.54 Å². The van der Waals surface area contributed by atoms with Crippen molar-refractivity contribution in [3.05, 3.63) is 66.4 Å². The highest BCUT2D eigenvalue weighted by Gasteiger charge is 2.07. The van der Waals surface area contributed by atoms with Gasteiger partial charge in [-0.05, 0) is 17.7 Å². The molecule has 0 aliphatic heterocycles. The predicted octanol–water partition coefficient (Wildman–Crippen LogP) is 2.45. The van der Waals surface area contributed by atoms with Gasteiger partial charge in [0.2, 0.25) is 0 Å². The Bertz CT molecular complexity index is 784. The highest BCUT2D eigenvalue weighted by atomic mass is 16.5. The van der Waals surface area contributed by atoms with Crippen LogP contribution >= 0.6 is 0 Å². The molecule has 2 aromatic carbocycles. The van der Waals surface area contributed by atoms with Crippen LogP contribution in [0.5, 0.6) is 5.75 Å². The van der Waals surface area contributed by atoms with Gasteiger partial charge in [-0.1, -0.05) is 47.7 Å². The minimum absolute atomic E-state index is 0.377. The molecule has 0 atom stereocenters. The molecule has 6 nitrogen and oxygen atoms in total. The smallest absolute Gasteiger partial charge is 0.409 e. The van der Waals surface area contributed by atoms with Crippen LogP contribution in [0.25, 0.3) is 11.3 Å². The number of ether oxygens (including phenoxy) is 1. The average molecular weight is 294 g/mol. The molecule has 2 N–H and O–H groups in total. The first-order chi connectivity index (χ1) is 10.7. The summed E-state index contributed by atoms with van der Waals surface area (Å²) in [7, 11) is 0. The number of carbonyl (C=O) groups is 1. The van der Waals surface area contributed by atoms with Crippen LogP contribution in [0.15, 0.2) is 60.8 Å². The molecule has 0 aliphatic carbocycles. The third-order valence-electron chi connectivity index (χ3n) is 3.07. The Kier molecular flexibility index (Phi) is 3.82. The first-order valence-corrected chi connectivity index (χ1v) is 6.72. The lowest BCUT2D eigenvalue weighted by Crippen LogP contribution is -2.16. The van der Waals surface area contributed by atoms with Gasteiger partial charge >= 0.3 is 6.09 Å². The number of rotatable bonds is 4. The molecule has 0 fully saturated rings. The summed E-state index contributed by atoms with van der Waals surface area (Å²) in [6, 6.07) is 17.0. The van der Waals surface area contributed by atoms with Crippen LogP contribution in [0.1, 0.15) is 5.56 Å². The quantitative estimate of drug-likeness (QED) is 0.801. The second-order valence-corrected chi connectivity index (χ2v) is 4.74. The standard InChI is InChI=1S/C16H14N4O2/c17-16(21)22-14-8-4-7-13(9-14)15-11-20(19-18-15)10-12-5-2-1-3-6-12/h1-9,11H,10H2,(H2,17,21). The van der Waals surface area contributed by atoms with Crippen LogP contribution in [-0.4, -0.2) is 21.1 Å². The Morgan fingerprint density at radius 3 is 2.73 bits per heavy atom. The molecular weight excluding hydrogens is 280 g/mol. The fraction of sp³-hybridized carbons (Fsp3) is 0.0625. The molecule has 0 unspecified atom stereocenters. The lowest BCUT2D eigenvalue weighted by molar-refractivity contribution is 0.211. The predicted molar refractivity (Wildman–Crippen MR) is 81.2 cm³/mol. The summed E-state index contributed by atoms with van der Waals surface area (Å²) < 4.78 is 6.62. The molecule has 3 rings (SSSR count). The van der Waals surface area contributed by atoms with Gasteiger partial charge < -0.3 is 10.5 Å². The van der Waals surface area contributed by atoms with Crippen molar-refractivity contribution >= 4 is 6.09 Å². The fourth-order valence-corrected chi connectivity index (χ4v) is 2.11. The molecule has 0 saturated heterocycles. The molecule has 1 amide bonds. The summed E-state index contributed by atoms with van der Waals surface area (Å²) in [6.07, 6.45) is 1.00. The number of primary amides is 1. The summed E-state index contributed by atoms with van der Waals surface area (Å²) in [5, 5.41) is 8.26. The van der Waals surface area contributed by atoms with E-state index < -0.39 is 6.09 Å². The third-order valence-corrected chi connectivity index (χ3v) is 3.07. The first-order valence-electron chi connectivity index (χ1n) is 6.72. The van der Waals surface area contributed by atoms with E-state index in [1.165, 1.54) is 0 Å². The van der Waals surface area contributed by atoms with Gasteiger partial charge in [-0.2, -0.15) is 0 Å². The topological polar surface area (TPSA) is 83.0 Å². The summed E-state index contributed by atoms with van der Waals surface area (Å²) in [5.41, 5.74) is 7.66. The number of nitrogens with zero attached hydrogens (tertiary/aromatic N) is 3. The van der Waals surface area contributed by atoms with Crippen molar-refractivity contribution in [2.45, 2.75) is 6.54 Å². The maximum atomic E-state index is 10.8. The first kappa shape index (κ1) is 13.8. The molecular formula is C16H14N4O2. The van der Waals surface area contributed by atoms with Crippen molar-refractivity contribution in [1.29, 1.82) is 0 Å². The molecule has 0 saturated carbocycles. The lowest BCUT2D eigenvalue weighted by atomic mass is 10.1. The Morgan fingerprint density at radius 1 is 1.14 bits per heavy atom. The third kappa shape index (κ3) is 3.29. The van der Waals surface area contributed by atoms with Crippen molar-refractivity contribution in [3.63, 3.8) is 0 Å². The minimum atomic E-state index is -0.843. The van der Waals surface area contributed by atoms with Gasteiger partial charge in [0.1, 0.15) is 11.4 Å². The monoisotopic (exact) mass is 294 g/mol. The Balaban J connectivity index is 1.80. The van der Waals surface area contributed by atoms with Gasteiger partial charge in [0.15, 0.2) is 0 Å². The molecule has 3 aromatic rings. The fourth-order valence-electron chi connectivity index (χ4n) is 2.11. The molecule has 6 heteroatoms. The van der Waals surface area contributed by atoms with E-state index in [-0.39, 0.29) is 0 Å². The molecule has 1 aromatic heterocycles. The normalized spacial score (nSPS) is 10.4. The maximum absolute atomic E-state index is 10.8. The number of amides is 1. The Labute approximate surface area is 127 Å². The highest BCUT2D eigenvalue weighted by molar-refractivity contribution is 5.69. The Morgan fingerprint density at radius 2 is 1.95 bits per heavy atom. The minimum Gasteiger partial charge on any atom is -0.410 e. The van der Waals surface area contributed by atoms with E-state index in [1.54, 1.807) is 22.9 Å². The number of hydrogen-bond donors (Lipinski definition) is 1. The second kappa shape index (κ2) is 6.09. The zero-order valence-corrected chi connectivity index (χ0v) is 11.7. The van der Waals surface area contributed by atoms with Crippen molar-refractivity contribution in [2.75, 3.05) is 0 Å². The SMILES string of the molecule is NC(=O)Oc1cccc(-c2cn(Cc3ccccc3)nn2)c1. The highest BCUT2D eigenvalue weighted by Crippen LogP contribution is 2.22. The molecule has 0 bridgehead atoms. The van der Waals surface area contributed by atoms with Gasteiger partial charge in [-0.3, -0.25) is 0 Å². The number of carbonyl (C=O) groups excluding carboxylic acids is 1. The summed E-state index contributed by atoms with van der Waals surface area (Å²) in [5.74, 6) is 0.377. The molecule has 0 spiro atoms. The van der Waals surface area contributed by atoms with Crippen molar-refractivity contribution in [1.82, 2.24) is 15.0 Å². The van der Waals surface area contributed by atoms with Gasteiger partial charge in [0, 0.05) is 5.56 Å². The van der Waals surface area contributed by atoms with Gasteiger partial charge in [-0.25, -0.2) is 9.48 Å². The van der Waals surface area contributed by atoms with E-state index in [2.05, 4.69) is 10.3 Å². The van der Waals surface area contributed by atoms with E-state index in [0.29, 0.717) is 18.0 Å². The second-order valence-electron chi connectivity index (χ2n) is 4.74. The van der Waals surface area contributed by atoms with Gasteiger partial charge in [0.05, 0.1) is 12.7 Å². The van der Waals surface area contributed by atoms with E-state index in [9.17, 15) is 4.79 Å². The maximum Gasteiger partial charge on any atom is 0.409 e. The van der Waals surface area contributed by atoms with E-state index in [4.69, 9.17) is 10.5 Å². The molecule has 0 aliphatic rings. The van der Waals surface area contributed by atoms with Crippen LogP contribution in [0, 0.1) is 0 Å². The molecule has 1 heterocycles. The van der Waals surface area contributed by atoms with Gasteiger partial charge in [-0.15, -0.1) is 5.10 Å². The van der Waals surface area contributed by atoms with Crippen molar-refractivity contribution in [3.8, 4) is 17.0 Å². The van der Waals surface area contributed by atoms with E-state index in [1.807, 2.05) is 42.6 Å². The van der Waals surface area contributed by atoms with Gasteiger partial charge in [0.25, 0.3) is 0 Å². The molecule has 22 heavy (non-hydrogen) atoms. The van der Waals surface area contributed by atoms with Crippen LogP contribution in [0.3, 0.4) is 0 Å². The summed E-state index contributed by atoms with van der Waals surface area (Å²) >= 11 is 0. The van der Waals surface area contributed by atoms with E-state index in [0.717, 1.165) is 11.1 Å². The zero-order chi connectivity index (χ0) is 15.4. The largest absolute Gasteiger partial charge is 0.410 e. The van der Waals surface area contributed by atoms with Crippen LogP contribution < -0.4 is 10.5 Å². The van der Waals surface area contributed by atoms with E-state index >= 15 is 0 Å². The number of hydrogen-bond acceptors (Lipinski definition) is 4. The summed E-state index contributed by atoms with van der Waals surface area (Å²) in [6.45, 7) is 0.644.